The zero-order valence-electron chi connectivity index (χ0n) is 8.93. The Balaban J connectivity index is 2.00. The molecule has 0 saturated carbocycles. The highest BCUT2D eigenvalue weighted by Gasteiger charge is 2.46. The zero-order chi connectivity index (χ0) is 11.1. The Bertz CT molecular complexity index is 301. The molecule has 0 spiro atoms. The number of rotatable bonds is 1. The van der Waals surface area contributed by atoms with E-state index in [0.717, 1.165) is 0 Å². The Morgan fingerprint density at radius 2 is 2.07 bits per heavy atom. The van der Waals surface area contributed by atoms with E-state index >= 15 is 0 Å². The molecule has 0 aromatic carbocycles. The summed E-state index contributed by atoms with van der Waals surface area (Å²) in [5.74, 6) is -0.526. The summed E-state index contributed by atoms with van der Waals surface area (Å²) in [4.78, 5) is 11.3. The van der Waals surface area contributed by atoms with Gasteiger partial charge < -0.3 is 9.47 Å². The van der Waals surface area contributed by atoms with Crippen molar-refractivity contribution in [3.63, 3.8) is 0 Å². The largest absolute Gasteiger partial charge is 0.343 e. The Morgan fingerprint density at radius 1 is 1.33 bits per heavy atom. The van der Waals surface area contributed by atoms with Gasteiger partial charge in [-0.1, -0.05) is 35.7 Å². The van der Waals surface area contributed by atoms with Gasteiger partial charge in [0.1, 0.15) is 12.2 Å². The van der Waals surface area contributed by atoms with Crippen LogP contribution in [0, 0.1) is 0 Å². The van der Waals surface area contributed by atoms with Gasteiger partial charge in [0.05, 0.1) is 5.25 Å². The molecular formula is C10H14O3S2. The van der Waals surface area contributed by atoms with Gasteiger partial charge in [0.2, 0.25) is 4.45 Å². The molecule has 1 heterocycles. The molecular weight excluding hydrogens is 232 g/mol. The van der Waals surface area contributed by atoms with Crippen LogP contribution in [0.5, 0.6) is 0 Å². The van der Waals surface area contributed by atoms with Crippen molar-refractivity contribution in [1.82, 2.24) is 0 Å². The van der Waals surface area contributed by atoms with E-state index in [2.05, 4.69) is 0 Å². The molecule has 84 valence electrons. The minimum absolute atomic E-state index is 0.00663. The highest BCUT2D eigenvalue weighted by Crippen LogP contribution is 2.40. The van der Waals surface area contributed by atoms with E-state index in [1.165, 1.54) is 23.5 Å². The Hall–Kier alpha value is 0.0300. The minimum Gasteiger partial charge on any atom is -0.343 e. The van der Waals surface area contributed by atoms with Crippen molar-refractivity contribution in [1.29, 1.82) is 0 Å². The van der Waals surface area contributed by atoms with Gasteiger partial charge in [0, 0.05) is 0 Å². The predicted octanol–water partition coefficient (Wildman–Crippen LogP) is 2.66. The summed E-state index contributed by atoms with van der Waals surface area (Å²) in [6, 6.07) is 0. The van der Waals surface area contributed by atoms with E-state index in [1.807, 2.05) is 26.0 Å². The van der Waals surface area contributed by atoms with Crippen LogP contribution in [0.15, 0.2) is 12.2 Å². The van der Waals surface area contributed by atoms with Crippen LogP contribution >= 0.6 is 23.5 Å². The second kappa shape index (κ2) is 4.13. The molecule has 2 aliphatic rings. The van der Waals surface area contributed by atoms with Crippen molar-refractivity contribution in [2.24, 2.45) is 0 Å². The quantitative estimate of drug-likeness (QED) is 0.665. The Labute approximate surface area is 98.0 Å². The molecule has 1 aliphatic carbocycles. The third kappa shape index (κ3) is 2.41. The summed E-state index contributed by atoms with van der Waals surface area (Å²) in [5, 5.41) is 0.0942. The molecule has 0 radical (unpaired) electrons. The molecule has 0 amide bonds. The van der Waals surface area contributed by atoms with Crippen LogP contribution in [0.25, 0.3) is 0 Å². The molecule has 15 heavy (non-hydrogen) atoms. The molecule has 0 unspecified atom stereocenters. The molecule has 3 atom stereocenters. The van der Waals surface area contributed by atoms with Gasteiger partial charge in [-0.2, -0.15) is 0 Å². The van der Waals surface area contributed by atoms with Crippen molar-refractivity contribution >= 4 is 28.0 Å². The van der Waals surface area contributed by atoms with Crippen LogP contribution in [-0.4, -0.2) is 33.9 Å². The van der Waals surface area contributed by atoms with Gasteiger partial charge in [0.15, 0.2) is 5.79 Å². The summed E-state index contributed by atoms with van der Waals surface area (Å²) >= 11 is 2.56. The van der Waals surface area contributed by atoms with E-state index in [0.29, 0.717) is 0 Å². The molecule has 1 aliphatic heterocycles. The topological polar surface area (TPSA) is 35.5 Å². The van der Waals surface area contributed by atoms with Crippen molar-refractivity contribution in [3.05, 3.63) is 12.2 Å². The molecule has 1 fully saturated rings. The first-order valence-electron chi connectivity index (χ1n) is 4.80. The van der Waals surface area contributed by atoms with Crippen LogP contribution in [0.4, 0.5) is 4.79 Å². The number of ether oxygens (including phenoxy) is 2. The number of thioether (sulfide) groups is 2. The normalized spacial score (nSPS) is 36.9. The van der Waals surface area contributed by atoms with Gasteiger partial charge >= 0.3 is 0 Å². The highest BCUT2D eigenvalue weighted by atomic mass is 32.2. The Kier molecular flexibility index (Phi) is 3.17. The summed E-state index contributed by atoms with van der Waals surface area (Å²) in [7, 11) is 0. The van der Waals surface area contributed by atoms with Crippen molar-refractivity contribution in [3.8, 4) is 0 Å². The van der Waals surface area contributed by atoms with Crippen LogP contribution in [0.2, 0.25) is 0 Å². The van der Waals surface area contributed by atoms with E-state index < -0.39 is 5.79 Å². The monoisotopic (exact) mass is 246 g/mol. The third-order valence-corrected chi connectivity index (χ3v) is 4.39. The van der Waals surface area contributed by atoms with Crippen LogP contribution < -0.4 is 0 Å². The fraction of sp³-hybridized carbons (Fsp3) is 0.700. The van der Waals surface area contributed by atoms with Crippen LogP contribution in [0.3, 0.4) is 0 Å². The lowest BCUT2D eigenvalue weighted by atomic mass is 10.2. The van der Waals surface area contributed by atoms with E-state index in [4.69, 9.17) is 9.47 Å². The molecule has 0 aromatic heterocycles. The number of fused-ring (bicyclic) bond motifs is 1. The van der Waals surface area contributed by atoms with Crippen LogP contribution in [0.1, 0.15) is 13.8 Å². The molecule has 0 N–H and O–H groups in total. The molecule has 1 saturated heterocycles. The molecule has 5 heteroatoms. The maximum Gasteiger partial charge on any atom is 0.246 e. The predicted molar refractivity (Wildman–Crippen MR) is 63.3 cm³/mol. The first-order valence-corrected chi connectivity index (χ1v) is 6.91. The van der Waals surface area contributed by atoms with Gasteiger partial charge in [-0.15, -0.1) is 0 Å². The van der Waals surface area contributed by atoms with E-state index in [9.17, 15) is 4.79 Å². The summed E-state index contributed by atoms with van der Waals surface area (Å²) < 4.78 is 11.6. The summed E-state index contributed by atoms with van der Waals surface area (Å²) in [6.45, 7) is 3.80. The number of carbonyl (C=O) groups excluding carboxylic acids is 1. The lowest BCUT2D eigenvalue weighted by Crippen LogP contribution is -2.27. The number of hydrogen-bond donors (Lipinski definition) is 0. The first-order chi connectivity index (χ1) is 7.02. The fourth-order valence-corrected chi connectivity index (χ4v) is 3.27. The van der Waals surface area contributed by atoms with Crippen LogP contribution in [-0.2, 0) is 9.47 Å². The van der Waals surface area contributed by atoms with E-state index in [-0.39, 0.29) is 21.9 Å². The highest BCUT2D eigenvalue weighted by molar-refractivity contribution is 8.38. The lowest BCUT2D eigenvalue weighted by Gasteiger charge is -2.19. The summed E-state index contributed by atoms with van der Waals surface area (Å²) in [5.41, 5.74) is 0. The van der Waals surface area contributed by atoms with E-state index in [1.54, 1.807) is 6.26 Å². The third-order valence-electron chi connectivity index (χ3n) is 2.38. The van der Waals surface area contributed by atoms with Crippen molar-refractivity contribution in [2.75, 3.05) is 6.26 Å². The maximum absolute atomic E-state index is 11.3. The average molecular weight is 246 g/mol. The average Bonchev–Trinajstić information content (AvgIpc) is 2.63. The van der Waals surface area contributed by atoms with Crippen molar-refractivity contribution in [2.45, 2.75) is 37.1 Å². The Morgan fingerprint density at radius 3 is 2.73 bits per heavy atom. The maximum atomic E-state index is 11.3. The second-order valence-corrected chi connectivity index (χ2v) is 6.17. The lowest BCUT2D eigenvalue weighted by molar-refractivity contribution is -0.143. The molecule has 0 bridgehead atoms. The fourth-order valence-electron chi connectivity index (χ4n) is 1.81. The van der Waals surface area contributed by atoms with Gasteiger partial charge in [-0.25, -0.2) is 0 Å². The zero-order valence-corrected chi connectivity index (χ0v) is 10.6. The first kappa shape index (κ1) is 11.5. The van der Waals surface area contributed by atoms with Gasteiger partial charge in [-0.3, -0.25) is 4.79 Å². The molecule has 2 rings (SSSR count). The summed E-state index contributed by atoms with van der Waals surface area (Å²) in [6.07, 6.45) is 5.78. The number of carbonyl (C=O) groups is 1. The molecule has 3 nitrogen and oxygen atoms in total. The minimum atomic E-state index is -0.526. The van der Waals surface area contributed by atoms with Crippen molar-refractivity contribution < 1.29 is 14.3 Å². The number of hydrogen-bond acceptors (Lipinski definition) is 5. The second-order valence-electron chi connectivity index (χ2n) is 3.99. The van der Waals surface area contributed by atoms with Gasteiger partial charge in [0.25, 0.3) is 0 Å². The van der Waals surface area contributed by atoms with Gasteiger partial charge in [-0.05, 0) is 20.1 Å². The smallest absolute Gasteiger partial charge is 0.246 e. The SMILES string of the molecule is CSC(=O)S[C@H]1C=C[C@@H]2OC(C)(C)O[C@@H]21. The molecule has 0 aromatic rings. The standard InChI is InChI=1S/C10H14O3S2/c1-10(2)12-6-4-5-7(8(6)13-10)15-9(11)14-3/h4-8H,1-3H3/t6-,7-,8-/m0/s1.